The van der Waals surface area contributed by atoms with Gasteiger partial charge in [0.2, 0.25) is 11.8 Å². The van der Waals surface area contributed by atoms with Gasteiger partial charge in [-0.1, -0.05) is 18.5 Å². The summed E-state index contributed by atoms with van der Waals surface area (Å²) >= 11 is 5.75. The number of halogens is 2. The van der Waals surface area contributed by atoms with Crippen molar-refractivity contribution in [2.75, 3.05) is 4.90 Å². The van der Waals surface area contributed by atoms with Crippen molar-refractivity contribution in [3.05, 3.63) is 59.1 Å². The molecule has 1 fully saturated rings. The first-order chi connectivity index (χ1) is 13.8. The highest BCUT2D eigenvalue weighted by Gasteiger charge is 2.45. The van der Waals surface area contributed by atoms with Crippen LogP contribution < -0.4 is 10.3 Å². The highest BCUT2D eigenvalue weighted by atomic mass is 35.5. The number of pyridine rings is 1. The molecule has 1 unspecified atom stereocenters. The van der Waals surface area contributed by atoms with Gasteiger partial charge >= 0.3 is 0 Å². The molecule has 1 aromatic heterocycles. The van der Waals surface area contributed by atoms with Gasteiger partial charge in [-0.05, 0) is 30.3 Å². The Morgan fingerprint density at radius 1 is 1.28 bits per heavy atom. The van der Waals surface area contributed by atoms with Crippen molar-refractivity contribution in [3.8, 4) is 0 Å². The van der Waals surface area contributed by atoms with E-state index in [1.54, 1.807) is 6.92 Å². The number of hydrogen-bond donors (Lipinski definition) is 1. The van der Waals surface area contributed by atoms with E-state index in [1.807, 2.05) is 0 Å². The van der Waals surface area contributed by atoms with Crippen molar-refractivity contribution < 1.29 is 23.6 Å². The largest absolute Gasteiger partial charge is 0.274 e. The molecule has 10 heteroatoms. The van der Waals surface area contributed by atoms with E-state index in [-0.39, 0.29) is 29.1 Å². The normalized spacial score (nSPS) is 16.1. The summed E-state index contributed by atoms with van der Waals surface area (Å²) in [5.41, 5.74) is 2.71. The molecule has 2 heterocycles. The lowest BCUT2D eigenvalue weighted by Gasteiger charge is -2.27. The molecule has 4 amide bonds. The molecular weight excluding hydrogens is 403 g/mol. The molecule has 0 spiro atoms. The lowest BCUT2D eigenvalue weighted by atomic mass is 10.2. The first-order valence-corrected chi connectivity index (χ1v) is 9.06. The number of rotatable bonds is 4. The lowest BCUT2D eigenvalue weighted by Crippen LogP contribution is -2.54. The number of carbonyl (C=O) groups excluding carboxylic acids is 4. The molecule has 150 valence electrons. The number of aromatic nitrogens is 1. The average Bonchev–Trinajstić information content (AvgIpc) is 3.02. The van der Waals surface area contributed by atoms with Gasteiger partial charge in [0.25, 0.3) is 11.8 Å². The number of benzene rings is 1. The van der Waals surface area contributed by atoms with Crippen LogP contribution in [0.5, 0.6) is 0 Å². The summed E-state index contributed by atoms with van der Waals surface area (Å²) in [7, 11) is 0. The minimum atomic E-state index is -1.23. The van der Waals surface area contributed by atoms with Crippen LogP contribution in [0.2, 0.25) is 5.02 Å². The van der Waals surface area contributed by atoms with Gasteiger partial charge in [0.15, 0.2) is 0 Å². The quantitative estimate of drug-likeness (QED) is 0.605. The van der Waals surface area contributed by atoms with Crippen LogP contribution in [0.4, 0.5) is 10.1 Å². The van der Waals surface area contributed by atoms with Gasteiger partial charge < -0.3 is 0 Å². The Kier molecular flexibility index (Phi) is 5.88. The van der Waals surface area contributed by atoms with Crippen LogP contribution in [0.1, 0.15) is 30.1 Å². The Morgan fingerprint density at radius 2 is 1.97 bits per heavy atom. The van der Waals surface area contributed by atoms with Crippen LogP contribution in [0.25, 0.3) is 0 Å². The Balaban J connectivity index is 1.88. The van der Waals surface area contributed by atoms with Crippen LogP contribution in [0.15, 0.2) is 42.7 Å². The second-order valence-corrected chi connectivity index (χ2v) is 6.59. The summed E-state index contributed by atoms with van der Waals surface area (Å²) < 4.78 is 13.4. The minimum Gasteiger partial charge on any atom is -0.274 e. The van der Waals surface area contributed by atoms with E-state index in [1.165, 1.54) is 30.6 Å². The summed E-state index contributed by atoms with van der Waals surface area (Å²) in [6, 6.07) is 5.07. The van der Waals surface area contributed by atoms with Crippen LogP contribution in [-0.2, 0) is 14.4 Å². The fourth-order valence-corrected chi connectivity index (χ4v) is 3.05. The first kappa shape index (κ1) is 20.4. The molecule has 2 aromatic rings. The fraction of sp³-hybridized carbons (Fsp3) is 0.211. The van der Waals surface area contributed by atoms with E-state index in [0.29, 0.717) is 0 Å². The van der Waals surface area contributed by atoms with Crippen LogP contribution in [0.3, 0.4) is 0 Å². The van der Waals surface area contributed by atoms with Crippen molar-refractivity contribution in [3.63, 3.8) is 0 Å². The molecule has 0 aliphatic carbocycles. The number of carbonyl (C=O) groups is 4. The number of hydrogen-bond acceptors (Lipinski definition) is 5. The van der Waals surface area contributed by atoms with Crippen LogP contribution in [0, 0.1) is 5.82 Å². The van der Waals surface area contributed by atoms with E-state index < -0.39 is 35.5 Å². The number of amides is 4. The standard InChI is InChI=1S/C19H16ClFN4O4/c1-2-16(26)25(23-18(28)11-5-7-22-8-6-11)15-10-17(27)24(19(15)29)12-3-4-14(21)13(20)9-12/h3-9,15H,2,10H2,1H3,(H,23,28). The van der Waals surface area contributed by atoms with Gasteiger partial charge in [-0.2, -0.15) is 0 Å². The van der Waals surface area contributed by atoms with E-state index in [4.69, 9.17) is 11.6 Å². The second kappa shape index (κ2) is 8.36. The molecule has 29 heavy (non-hydrogen) atoms. The van der Waals surface area contributed by atoms with Crippen LogP contribution in [-0.4, -0.2) is 39.7 Å². The monoisotopic (exact) mass is 418 g/mol. The number of anilines is 1. The average molecular weight is 419 g/mol. The highest BCUT2D eigenvalue weighted by Crippen LogP contribution is 2.28. The third-order valence-electron chi connectivity index (χ3n) is 4.33. The first-order valence-electron chi connectivity index (χ1n) is 8.68. The highest BCUT2D eigenvalue weighted by molar-refractivity contribution is 6.31. The van der Waals surface area contributed by atoms with Crippen molar-refractivity contribution in [1.29, 1.82) is 0 Å². The zero-order valence-electron chi connectivity index (χ0n) is 15.3. The number of nitrogens with one attached hydrogen (secondary N) is 1. The van der Waals surface area contributed by atoms with Crippen LogP contribution >= 0.6 is 11.6 Å². The number of hydrazine groups is 1. The second-order valence-electron chi connectivity index (χ2n) is 6.18. The predicted molar refractivity (Wildman–Crippen MR) is 101 cm³/mol. The molecule has 0 radical (unpaired) electrons. The van der Waals surface area contributed by atoms with E-state index in [9.17, 15) is 23.6 Å². The SMILES string of the molecule is CCC(=O)N(NC(=O)c1ccncc1)C1CC(=O)N(c2ccc(F)c(Cl)c2)C1=O. The van der Waals surface area contributed by atoms with Gasteiger partial charge in [0.1, 0.15) is 11.9 Å². The zero-order chi connectivity index (χ0) is 21.1. The summed E-state index contributed by atoms with van der Waals surface area (Å²) in [5.74, 6) is -3.20. The Morgan fingerprint density at radius 3 is 2.59 bits per heavy atom. The number of imide groups is 1. The third kappa shape index (κ3) is 4.09. The maximum Gasteiger partial charge on any atom is 0.270 e. The molecule has 3 rings (SSSR count). The minimum absolute atomic E-state index is 0.00300. The molecule has 1 aliphatic rings. The molecule has 0 saturated carbocycles. The van der Waals surface area contributed by atoms with Gasteiger partial charge in [-0.15, -0.1) is 0 Å². The molecule has 0 bridgehead atoms. The summed E-state index contributed by atoms with van der Waals surface area (Å²) in [4.78, 5) is 54.9. The molecule has 8 nitrogen and oxygen atoms in total. The summed E-state index contributed by atoms with van der Waals surface area (Å²) in [6.45, 7) is 1.56. The molecular formula is C19H16ClFN4O4. The molecule has 1 atom stereocenters. The van der Waals surface area contributed by atoms with Crippen molar-refractivity contribution in [1.82, 2.24) is 15.4 Å². The molecule has 1 N–H and O–H groups in total. The predicted octanol–water partition coefficient (Wildman–Crippen LogP) is 2.09. The lowest BCUT2D eigenvalue weighted by molar-refractivity contribution is -0.140. The van der Waals surface area contributed by atoms with E-state index in [2.05, 4.69) is 10.4 Å². The fourth-order valence-electron chi connectivity index (χ4n) is 2.87. The van der Waals surface area contributed by atoms with Gasteiger partial charge in [-0.25, -0.2) is 14.3 Å². The maximum atomic E-state index is 13.4. The van der Waals surface area contributed by atoms with Crippen molar-refractivity contribution in [2.45, 2.75) is 25.8 Å². The van der Waals surface area contributed by atoms with Gasteiger partial charge in [0, 0.05) is 24.4 Å². The van der Waals surface area contributed by atoms with Crippen molar-refractivity contribution in [2.24, 2.45) is 0 Å². The number of nitrogens with zero attached hydrogens (tertiary/aromatic N) is 3. The zero-order valence-corrected chi connectivity index (χ0v) is 16.0. The smallest absolute Gasteiger partial charge is 0.270 e. The Bertz CT molecular complexity index is 985. The maximum absolute atomic E-state index is 13.4. The summed E-state index contributed by atoms with van der Waals surface area (Å²) in [5, 5.41) is 0.618. The Labute approximate surface area is 170 Å². The summed E-state index contributed by atoms with van der Waals surface area (Å²) in [6.07, 6.45) is 2.48. The molecule has 1 aromatic carbocycles. The van der Waals surface area contributed by atoms with Gasteiger partial charge in [0.05, 0.1) is 17.1 Å². The van der Waals surface area contributed by atoms with E-state index in [0.717, 1.165) is 22.0 Å². The molecule has 1 aliphatic heterocycles. The topological polar surface area (TPSA) is 99.7 Å². The van der Waals surface area contributed by atoms with Gasteiger partial charge in [-0.3, -0.25) is 29.6 Å². The molecule has 1 saturated heterocycles. The van der Waals surface area contributed by atoms with E-state index >= 15 is 0 Å². The third-order valence-corrected chi connectivity index (χ3v) is 4.62. The van der Waals surface area contributed by atoms with Crippen molar-refractivity contribution >= 4 is 40.9 Å². The Hall–Kier alpha value is -3.33.